The lowest BCUT2D eigenvalue weighted by Gasteiger charge is -2.20. The molecule has 0 aromatic carbocycles. The van der Waals surface area contributed by atoms with Gasteiger partial charge in [-0.05, 0) is 0 Å². The fourth-order valence-electron chi connectivity index (χ4n) is 0.727. The summed E-state index contributed by atoms with van der Waals surface area (Å²) in [7, 11) is 0. The van der Waals surface area contributed by atoms with E-state index < -0.39 is 0 Å². The summed E-state index contributed by atoms with van der Waals surface area (Å²) in [5.74, 6) is 0. The van der Waals surface area contributed by atoms with Crippen LogP contribution in [0.15, 0.2) is 0 Å². The number of hydrogen-bond acceptors (Lipinski definition) is 2. The van der Waals surface area contributed by atoms with Gasteiger partial charge in [0.2, 0.25) is 0 Å². The minimum atomic E-state index is -0.118. The molecule has 1 aliphatic heterocycles. The molecule has 0 saturated carbocycles. The van der Waals surface area contributed by atoms with Crippen molar-refractivity contribution in [2.24, 2.45) is 0 Å². The maximum Gasteiger partial charge on any atom is 0.110 e. The third-order valence-corrected chi connectivity index (χ3v) is 1.19. The molecule has 1 unspecified atom stereocenters. The van der Waals surface area contributed by atoms with E-state index in [0.717, 1.165) is 13.1 Å². The van der Waals surface area contributed by atoms with Crippen LogP contribution in [0.3, 0.4) is 0 Å². The first-order valence-electron chi connectivity index (χ1n) is 2.84. The second-order valence-electron chi connectivity index (χ2n) is 1.86. The lowest BCUT2D eigenvalue weighted by Crippen LogP contribution is -2.40. The average molecular weight is 116 g/mol. The molecule has 1 aliphatic rings. The molecule has 1 saturated heterocycles. The molecule has 1 N–H and O–H groups in total. The van der Waals surface area contributed by atoms with E-state index in [4.69, 9.17) is 4.74 Å². The normalized spacial score (nSPS) is 30.4. The Morgan fingerprint density at radius 3 is 3.00 bits per heavy atom. The minimum absolute atomic E-state index is 0.0799. The van der Waals surface area contributed by atoms with Gasteiger partial charge >= 0.3 is 0 Å². The quantitative estimate of drug-likeness (QED) is 0.497. The molecule has 1 rings (SSSR count). The topological polar surface area (TPSA) is 41.2 Å². The monoisotopic (exact) mass is 116 g/mol. The van der Waals surface area contributed by atoms with Gasteiger partial charge in [0.15, 0.2) is 0 Å². The van der Waals surface area contributed by atoms with Gasteiger partial charge < -0.3 is 10.1 Å². The van der Waals surface area contributed by atoms with Crippen molar-refractivity contribution in [1.82, 2.24) is 5.32 Å². The highest BCUT2D eigenvalue weighted by Crippen LogP contribution is 1.92. The first-order chi connectivity index (χ1) is 3.93. The van der Waals surface area contributed by atoms with E-state index in [2.05, 4.69) is 5.32 Å². The highest BCUT2D eigenvalue weighted by molar-refractivity contribution is 4.64. The summed E-state index contributed by atoms with van der Waals surface area (Å²) in [6.45, 7) is 2.18. The van der Waals surface area contributed by atoms with Crippen LogP contribution in [0.25, 0.3) is 0 Å². The van der Waals surface area contributed by atoms with Crippen LogP contribution >= 0.6 is 0 Å². The van der Waals surface area contributed by atoms with Crippen LogP contribution in [0.1, 0.15) is 0 Å². The molecule has 1 fully saturated rings. The maximum atomic E-state index is 10.1. The third kappa shape index (κ3) is 1.43. The van der Waals surface area contributed by atoms with Crippen molar-refractivity contribution in [2.45, 2.75) is 6.10 Å². The molecule has 47 valence electrons. The van der Waals surface area contributed by atoms with Gasteiger partial charge in [0.1, 0.15) is 6.61 Å². The zero-order valence-electron chi connectivity index (χ0n) is 4.72. The van der Waals surface area contributed by atoms with Crippen molar-refractivity contribution < 1.29 is 9.84 Å². The van der Waals surface area contributed by atoms with E-state index in [-0.39, 0.29) is 12.7 Å². The molecule has 3 heteroatoms. The van der Waals surface area contributed by atoms with Crippen molar-refractivity contribution in [2.75, 3.05) is 26.3 Å². The van der Waals surface area contributed by atoms with Gasteiger partial charge in [-0.3, -0.25) is 0 Å². The van der Waals surface area contributed by atoms with Gasteiger partial charge in [0.25, 0.3) is 0 Å². The highest BCUT2D eigenvalue weighted by atomic mass is 16.5. The van der Waals surface area contributed by atoms with E-state index in [9.17, 15) is 5.11 Å². The Balaban J connectivity index is 2.13. The van der Waals surface area contributed by atoms with Crippen molar-refractivity contribution in [1.29, 1.82) is 0 Å². The maximum absolute atomic E-state index is 10.1. The fourth-order valence-corrected chi connectivity index (χ4v) is 0.727. The van der Waals surface area contributed by atoms with E-state index in [1.54, 1.807) is 0 Å². The zero-order valence-corrected chi connectivity index (χ0v) is 4.72. The molecular formula is C5H10NO2. The molecule has 1 atom stereocenters. The van der Waals surface area contributed by atoms with Gasteiger partial charge in [-0.15, -0.1) is 0 Å². The van der Waals surface area contributed by atoms with Gasteiger partial charge in [0, 0.05) is 13.1 Å². The Kier molecular flexibility index (Phi) is 2.27. The molecule has 0 amide bonds. The summed E-state index contributed by atoms with van der Waals surface area (Å²) in [6.07, 6.45) is -0.0799. The highest BCUT2D eigenvalue weighted by Gasteiger charge is 2.10. The molecule has 0 aliphatic carbocycles. The van der Waals surface area contributed by atoms with Crippen LogP contribution < -0.4 is 5.32 Å². The number of ether oxygens (including phenoxy) is 1. The average Bonchev–Trinajstić information content (AvgIpc) is 1.90. The first kappa shape index (κ1) is 6.01. The Morgan fingerprint density at radius 1 is 1.75 bits per heavy atom. The van der Waals surface area contributed by atoms with E-state index >= 15 is 0 Å². The van der Waals surface area contributed by atoms with Crippen LogP contribution in [-0.4, -0.2) is 32.4 Å². The van der Waals surface area contributed by atoms with Crippen LogP contribution in [-0.2, 0) is 9.84 Å². The van der Waals surface area contributed by atoms with Crippen LogP contribution in [0, 0.1) is 0 Å². The van der Waals surface area contributed by atoms with Crippen molar-refractivity contribution in [3.63, 3.8) is 0 Å². The number of morpholine rings is 1. The Hall–Kier alpha value is -0.120. The Morgan fingerprint density at radius 2 is 2.62 bits per heavy atom. The third-order valence-electron chi connectivity index (χ3n) is 1.19. The van der Waals surface area contributed by atoms with Crippen molar-refractivity contribution in [3.05, 3.63) is 0 Å². The predicted octanol–water partition coefficient (Wildman–Crippen LogP) is -0.595. The van der Waals surface area contributed by atoms with Crippen molar-refractivity contribution >= 4 is 0 Å². The summed E-state index contributed by atoms with van der Waals surface area (Å²) in [4.78, 5) is 0. The minimum Gasteiger partial charge on any atom is -0.373 e. The molecule has 0 bridgehead atoms. The lowest BCUT2D eigenvalue weighted by molar-refractivity contribution is -0.0251. The number of rotatable bonds is 1. The lowest BCUT2D eigenvalue weighted by atomic mass is 10.3. The number of nitrogens with one attached hydrogen (secondary N) is 1. The second kappa shape index (κ2) is 3.02. The van der Waals surface area contributed by atoms with Crippen LogP contribution in [0.5, 0.6) is 0 Å². The molecule has 1 heterocycles. The zero-order chi connectivity index (χ0) is 5.82. The molecular weight excluding hydrogens is 106 g/mol. The van der Waals surface area contributed by atoms with E-state index in [1.807, 2.05) is 0 Å². The molecule has 0 spiro atoms. The van der Waals surface area contributed by atoms with Crippen LogP contribution in [0.2, 0.25) is 0 Å². The Labute approximate surface area is 48.7 Å². The molecule has 1 radical (unpaired) electrons. The molecule has 0 aromatic rings. The second-order valence-corrected chi connectivity index (χ2v) is 1.86. The molecule has 0 aromatic heterocycles. The summed E-state index contributed by atoms with van der Waals surface area (Å²) < 4.78 is 5.05. The van der Waals surface area contributed by atoms with Crippen molar-refractivity contribution in [3.8, 4) is 0 Å². The van der Waals surface area contributed by atoms with Gasteiger partial charge in [-0.25, -0.2) is 5.11 Å². The summed E-state index contributed by atoms with van der Waals surface area (Å²) in [5.41, 5.74) is 0. The smallest absolute Gasteiger partial charge is 0.110 e. The van der Waals surface area contributed by atoms with Crippen LogP contribution in [0.4, 0.5) is 0 Å². The largest absolute Gasteiger partial charge is 0.373 e. The molecule has 8 heavy (non-hydrogen) atoms. The van der Waals surface area contributed by atoms with Gasteiger partial charge in [-0.1, -0.05) is 0 Å². The summed E-state index contributed by atoms with van der Waals surface area (Å²) >= 11 is 0. The Bertz CT molecular complexity index is 61.4. The summed E-state index contributed by atoms with van der Waals surface area (Å²) in [6, 6.07) is 0. The van der Waals surface area contributed by atoms with E-state index in [0.29, 0.717) is 6.61 Å². The first-order valence-corrected chi connectivity index (χ1v) is 2.84. The van der Waals surface area contributed by atoms with Gasteiger partial charge in [0.05, 0.1) is 12.7 Å². The van der Waals surface area contributed by atoms with E-state index in [1.165, 1.54) is 0 Å². The molecule has 3 nitrogen and oxygen atoms in total. The summed E-state index contributed by atoms with van der Waals surface area (Å²) in [5, 5.41) is 13.2. The number of hydrogen-bond donors (Lipinski definition) is 1. The fraction of sp³-hybridized carbons (Fsp3) is 1.00. The SMILES string of the molecule is [O]CC1CNCCO1. The predicted molar refractivity (Wildman–Crippen MR) is 28.2 cm³/mol. The van der Waals surface area contributed by atoms with Gasteiger partial charge in [-0.2, -0.15) is 0 Å². The standard InChI is InChI=1S/C5H10NO2/c7-4-5-3-6-1-2-8-5/h5-6H,1-4H2.